The number of imidazole rings is 1. The van der Waals surface area contributed by atoms with Crippen LogP contribution in [0, 0.1) is 0 Å². The molecule has 2 aromatic heterocycles. The first-order valence-corrected chi connectivity index (χ1v) is 9.28. The van der Waals surface area contributed by atoms with Gasteiger partial charge >= 0.3 is 5.97 Å². The van der Waals surface area contributed by atoms with Crippen molar-refractivity contribution in [3.8, 4) is 11.3 Å². The lowest BCUT2D eigenvalue weighted by Gasteiger charge is -2.16. The fourth-order valence-electron chi connectivity index (χ4n) is 3.50. The van der Waals surface area contributed by atoms with E-state index in [0.717, 1.165) is 11.1 Å². The van der Waals surface area contributed by atoms with E-state index in [1.807, 2.05) is 0 Å². The molecule has 0 amide bonds. The van der Waals surface area contributed by atoms with Gasteiger partial charge in [0, 0.05) is 5.56 Å². The average Bonchev–Trinajstić information content (AvgIpc) is 3.29. The summed E-state index contributed by atoms with van der Waals surface area (Å²) >= 11 is 0. The third kappa shape index (κ3) is 3.53. The highest BCUT2D eigenvalue weighted by atomic mass is 16.6. The number of hydrogen-bond acceptors (Lipinski definition) is 9. The number of ether oxygens (including phenoxy) is 1. The molecule has 0 saturated carbocycles. The molecule has 1 saturated heterocycles. The number of aliphatic hydroxyl groups excluding tert-OH is 3. The van der Waals surface area contributed by atoms with E-state index in [1.165, 1.54) is 17.2 Å². The zero-order chi connectivity index (χ0) is 21.4. The van der Waals surface area contributed by atoms with E-state index >= 15 is 0 Å². The summed E-state index contributed by atoms with van der Waals surface area (Å²) < 4.78 is 7.05. The Labute approximate surface area is 170 Å². The lowest BCUT2D eigenvalue weighted by molar-refractivity contribution is -0.138. The lowest BCUT2D eigenvalue weighted by atomic mass is 10.0. The van der Waals surface area contributed by atoms with Gasteiger partial charge in [0.1, 0.15) is 41.9 Å². The van der Waals surface area contributed by atoms with Gasteiger partial charge in [-0.2, -0.15) is 0 Å². The second kappa shape index (κ2) is 8.05. The van der Waals surface area contributed by atoms with Crippen LogP contribution in [0.25, 0.3) is 22.4 Å². The predicted molar refractivity (Wildman–Crippen MR) is 103 cm³/mol. The number of aliphatic hydroxyl groups is 3. The Bertz CT molecular complexity index is 1060. The molecule has 3 aromatic rings. The van der Waals surface area contributed by atoms with Crippen LogP contribution in [0.15, 0.2) is 36.9 Å². The van der Waals surface area contributed by atoms with Gasteiger partial charge < -0.3 is 30.9 Å². The molecule has 1 aliphatic rings. The summed E-state index contributed by atoms with van der Waals surface area (Å²) in [5.41, 5.74) is 8.49. The summed E-state index contributed by atoms with van der Waals surface area (Å²) in [4.78, 5) is 23.8. The van der Waals surface area contributed by atoms with E-state index in [-0.39, 0.29) is 6.42 Å². The summed E-state index contributed by atoms with van der Waals surface area (Å²) in [5.74, 6) is -1.06. The van der Waals surface area contributed by atoms with Crippen LogP contribution in [0.2, 0.25) is 0 Å². The molecule has 5 atom stereocenters. The lowest BCUT2D eigenvalue weighted by Crippen LogP contribution is -2.33. The van der Waals surface area contributed by atoms with Gasteiger partial charge in [0.2, 0.25) is 0 Å². The van der Waals surface area contributed by atoms with Crippen molar-refractivity contribution in [1.82, 2.24) is 19.5 Å². The van der Waals surface area contributed by atoms with Crippen LogP contribution in [0.4, 0.5) is 0 Å². The van der Waals surface area contributed by atoms with E-state index in [9.17, 15) is 20.1 Å². The molecular formula is C19H21N5O6. The van der Waals surface area contributed by atoms with Crippen LogP contribution in [0.5, 0.6) is 0 Å². The summed E-state index contributed by atoms with van der Waals surface area (Å²) in [7, 11) is 0. The number of benzene rings is 1. The SMILES string of the molecule is N[C@@H](Cc1ccc(-c2ncnc3c2ncn3[C@@H]2O[C@H](CO)[C@@H](O)[C@H]2O)cc1)C(=O)O. The Morgan fingerprint density at radius 2 is 1.90 bits per heavy atom. The molecule has 0 spiro atoms. The minimum atomic E-state index is -1.25. The maximum Gasteiger partial charge on any atom is 0.320 e. The third-order valence-electron chi connectivity index (χ3n) is 5.15. The Morgan fingerprint density at radius 1 is 1.17 bits per heavy atom. The number of hydrogen-bond donors (Lipinski definition) is 5. The van der Waals surface area contributed by atoms with Crippen LogP contribution < -0.4 is 5.73 Å². The van der Waals surface area contributed by atoms with Crippen molar-refractivity contribution in [1.29, 1.82) is 0 Å². The largest absolute Gasteiger partial charge is 0.480 e. The maximum absolute atomic E-state index is 10.9. The van der Waals surface area contributed by atoms with Gasteiger partial charge in [-0.15, -0.1) is 0 Å². The first-order chi connectivity index (χ1) is 14.4. The maximum atomic E-state index is 10.9. The van der Waals surface area contributed by atoms with Gasteiger partial charge in [0.05, 0.1) is 12.9 Å². The highest BCUT2D eigenvalue weighted by Gasteiger charge is 2.44. The number of aliphatic carboxylic acids is 1. The van der Waals surface area contributed by atoms with Gasteiger partial charge in [-0.05, 0) is 12.0 Å². The van der Waals surface area contributed by atoms with Crippen molar-refractivity contribution in [3.05, 3.63) is 42.5 Å². The third-order valence-corrected chi connectivity index (χ3v) is 5.15. The van der Waals surface area contributed by atoms with Crippen molar-refractivity contribution in [2.24, 2.45) is 5.73 Å². The fourth-order valence-corrected chi connectivity index (χ4v) is 3.50. The molecule has 3 heterocycles. The zero-order valence-corrected chi connectivity index (χ0v) is 15.7. The standard InChI is InChI=1S/C19H21N5O6/c20-11(19(28)29)5-9-1-3-10(4-2-9)13-14-17(22-7-21-13)24(8-23-14)18-16(27)15(26)12(6-25)30-18/h1-4,7-8,11-12,15-16,18,25-27H,5-6,20H2,(H,28,29)/t11-,12+,15+,16+,18+/m0/s1. The number of carboxylic acid groups (broad SMARTS) is 1. The average molecular weight is 415 g/mol. The molecule has 158 valence electrons. The molecule has 1 fully saturated rings. The van der Waals surface area contributed by atoms with Crippen LogP contribution in [-0.2, 0) is 16.0 Å². The number of nitrogens with two attached hydrogens (primary N) is 1. The summed E-state index contributed by atoms with van der Waals surface area (Å²) in [5, 5.41) is 38.5. The molecule has 1 aromatic carbocycles. The van der Waals surface area contributed by atoms with Crippen molar-refractivity contribution >= 4 is 17.1 Å². The molecular weight excluding hydrogens is 394 g/mol. The highest BCUT2D eigenvalue weighted by molar-refractivity contribution is 5.87. The fraction of sp³-hybridized carbons (Fsp3) is 0.368. The molecule has 11 nitrogen and oxygen atoms in total. The molecule has 0 aliphatic carbocycles. The van der Waals surface area contributed by atoms with E-state index in [0.29, 0.717) is 16.9 Å². The Hall–Kier alpha value is -2.96. The Kier molecular flexibility index (Phi) is 5.45. The van der Waals surface area contributed by atoms with Crippen molar-refractivity contribution in [3.63, 3.8) is 0 Å². The van der Waals surface area contributed by atoms with E-state index in [2.05, 4.69) is 15.0 Å². The monoisotopic (exact) mass is 415 g/mol. The van der Waals surface area contributed by atoms with E-state index < -0.39 is 43.2 Å². The number of carboxylic acids is 1. The number of rotatable bonds is 6. The molecule has 6 N–H and O–H groups in total. The molecule has 11 heteroatoms. The first kappa shape index (κ1) is 20.3. The quantitative estimate of drug-likeness (QED) is 0.337. The van der Waals surface area contributed by atoms with E-state index in [4.69, 9.17) is 15.6 Å². The number of aromatic nitrogens is 4. The van der Waals surface area contributed by atoms with Crippen LogP contribution in [0.1, 0.15) is 11.8 Å². The second-order valence-electron chi connectivity index (χ2n) is 7.12. The zero-order valence-electron chi connectivity index (χ0n) is 15.7. The van der Waals surface area contributed by atoms with Crippen LogP contribution in [-0.4, -0.2) is 76.9 Å². The molecule has 0 unspecified atom stereocenters. The number of nitrogens with zero attached hydrogens (tertiary/aromatic N) is 4. The Balaban J connectivity index is 1.65. The normalized spacial score (nSPS) is 24.9. The number of fused-ring (bicyclic) bond motifs is 1. The van der Waals surface area contributed by atoms with Crippen LogP contribution >= 0.6 is 0 Å². The van der Waals surface area contributed by atoms with Gasteiger partial charge in [0.15, 0.2) is 11.9 Å². The van der Waals surface area contributed by atoms with Gasteiger partial charge in [-0.25, -0.2) is 15.0 Å². The first-order valence-electron chi connectivity index (χ1n) is 9.28. The van der Waals surface area contributed by atoms with Crippen molar-refractivity contribution < 1.29 is 30.0 Å². The van der Waals surface area contributed by atoms with Crippen LogP contribution in [0.3, 0.4) is 0 Å². The summed E-state index contributed by atoms with van der Waals surface area (Å²) in [6.45, 7) is -0.431. The summed E-state index contributed by atoms with van der Waals surface area (Å²) in [6.07, 6.45) is -1.36. The van der Waals surface area contributed by atoms with Crippen molar-refractivity contribution in [2.45, 2.75) is 37.0 Å². The minimum Gasteiger partial charge on any atom is -0.480 e. The highest BCUT2D eigenvalue weighted by Crippen LogP contribution is 2.33. The molecule has 30 heavy (non-hydrogen) atoms. The predicted octanol–water partition coefficient (Wildman–Crippen LogP) is -0.941. The molecule has 1 aliphatic heterocycles. The van der Waals surface area contributed by atoms with Gasteiger partial charge in [-0.3, -0.25) is 9.36 Å². The smallest absolute Gasteiger partial charge is 0.320 e. The Morgan fingerprint density at radius 3 is 2.53 bits per heavy atom. The van der Waals surface area contributed by atoms with Gasteiger partial charge in [-0.1, -0.05) is 24.3 Å². The van der Waals surface area contributed by atoms with Crippen molar-refractivity contribution in [2.75, 3.05) is 6.61 Å². The number of carbonyl (C=O) groups is 1. The summed E-state index contributed by atoms with van der Waals surface area (Å²) in [6, 6.07) is 6.15. The molecule has 0 radical (unpaired) electrons. The minimum absolute atomic E-state index is 0.203. The second-order valence-corrected chi connectivity index (χ2v) is 7.12. The van der Waals surface area contributed by atoms with E-state index in [1.54, 1.807) is 24.3 Å². The molecule has 4 rings (SSSR count). The molecule has 0 bridgehead atoms. The van der Waals surface area contributed by atoms with Gasteiger partial charge in [0.25, 0.3) is 0 Å². The topological polar surface area (TPSA) is 177 Å².